The standard InChI is InChI=1S/C9H8BrIO2/c1-13-9(12)4-6-2-3-7(11)5-8(6)10/h2-3,5H,4H2,1H3. The summed E-state index contributed by atoms with van der Waals surface area (Å²) in [6.07, 6.45) is 0.313. The quantitative estimate of drug-likeness (QED) is 0.603. The van der Waals surface area contributed by atoms with Gasteiger partial charge in [0.2, 0.25) is 0 Å². The largest absolute Gasteiger partial charge is 0.469 e. The summed E-state index contributed by atoms with van der Waals surface area (Å²) in [7, 11) is 1.39. The van der Waals surface area contributed by atoms with Crippen molar-refractivity contribution in [2.45, 2.75) is 6.42 Å². The van der Waals surface area contributed by atoms with Gasteiger partial charge < -0.3 is 4.74 Å². The number of hydrogen-bond acceptors (Lipinski definition) is 2. The molecule has 0 saturated heterocycles. The first kappa shape index (κ1) is 11.0. The Morgan fingerprint density at radius 3 is 2.85 bits per heavy atom. The molecule has 0 aromatic heterocycles. The topological polar surface area (TPSA) is 26.3 Å². The molecule has 4 heteroatoms. The fraction of sp³-hybridized carbons (Fsp3) is 0.222. The van der Waals surface area contributed by atoms with E-state index in [1.807, 2.05) is 18.2 Å². The Labute approximate surface area is 98.9 Å². The number of hydrogen-bond donors (Lipinski definition) is 0. The second-order valence-corrected chi connectivity index (χ2v) is 4.59. The molecule has 0 aliphatic rings. The fourth-order valence-electron chi connectivity index (χ4n) is 0.893. The molecule has 0 radical (unpaired) electrons. The van der Waals surface area contributed by atoms with E-state index >= 15 is 0 Å². The van der Waals surface area contributed by atoms with Crippen LogP contribution in [0.25, 0.3) is 0 Å². The number of benzene rings is 1. The molecule has 0 fully saturated rings. The van der Waals surface area contributed by atoms with Gasteiger partial charge in [0.1, 0.15) is 0 Å². The van der Waals surface area contributed by atoms with Gasteiger partial charge in [0.15, 0.2) is 0 Å². The van der Waals surface area contributed by atoms with E-state index < -0.39 is 0 Å². The maximum absolute atomic E-state index is 11.0. The molecule has 1 aromatic rings. The van der Waals surface area contributed by atoms with Gasteiger partial charge in [-0.3, -0.25) is 4.79 Å². The molecule has 0 spiro atoms. The van der Waals surface area contributed by atoms with Gasteiger partial charge in [-0.05, 0) is 40.3 Å². The molecular formula is C9H8BrIO2. The zero-order valence-corrected chi connectivity index (χ0v) is 10.8. The van der Waals surface area contributed by atoms with Gasteiger partial charge in [0.05, 0.1) is 13.5 Å². The van der Waals surface area contributed by atoms with Gasteiger partial charge in [-0.1, -0.05) is 22.0 Å². The van der Waals surface area contributed by atoms with Crippen molar-refractivity contribution < 1.29 is 9.53 Å². The molecule has 0 saturated carbocycles. The van der Waals surface area contributed by atoms with E-state index in [1.54, 1.807) is 0 Å². The maximum Gasteiger partial charge on any atom is 0.310 e. The molecule has 0 bridgehead atoms. The summed E-state index contributed by atoms with van der Waals surface area (Å²) in [5.74, 6) is -0.220. The van der Waals surface area contributed by atoms with Crippen molar-refractivity contribution in [3.8, 4) is 0 Å². The van der Waals surface area contributed by atoms with Crippen molar-refractivity contribution in [3.63, 3.8) is 0 Å². The van der Waals surface area contributed by atoms with Crippen LogP contribution < -0.4 is 0 Å². The molecule has 0 aliphatic carbocycles. The first-order chi connectivity index (χ1) is 6.13. The minimum Gasteiger partial charge on any atom is -0.469 e. The normalized spacial score (nSPS) is 9.77. The Hall–Kier alpha value is -0.100. The lowest BCUT2D eigenvalue weighted by molar-refractivity contribution is -0.139. The number of methoxy groups -OCH3 is 1. The average Bonchev–Trinajstić information content (AvgIpc) is 2.09. The van der Waals surface area contributed by atoms with E-state index in [4.69, 9.17) is 0 Å². The molecule has 0 atom stereocenters. The SMILES string of the molecule is COC(=O)Cc1ccc(I)cc1Br. The highest BCUT2D eigenvalue weighted by molar-refractivity contribution is 14.1. The van der Waals surface area contributed by atoms with E-state index in [0.717, 1.165) is 13.6 Å². The highest BCUT2D eigenvalue weighted by atomic mass is 127. The summed E-state index contributed by atoms with van der Waals surface area (Å²) in [5.41, 5.74) is 0.951. The molecule has 13 heavy (non-hydrogen) atoms. The highest BCUT2D eigenvalue weighted by Crippen LogP contribution is 2.20. The number of esters is 1. The summed E-state index contributed by atoms with van der Waals surface area (Å²) in [4.78, 5) is 11.0. The molecule has 0 aliphatic heterocycles. The van der Waals surface area contributed by atoms with Crippen LogP contribution in [0.2, 0.25) is 0 Å². The van der Waals surface area contributed by atoms with E-state index in [1.165, 1.54) is 7.11 Å². The molecular weight excluding hydrogens is 347 g/mol. The Morgan fingerprint density at radius 2 is 2.31 bits per heavy atom. The van der Waals surface area contributed by atoms with Gasteiger partial charge in [-0.25, -0.2) is 0 Å². The lowest BCUT2D eigenvalue weighted by atomic mass is 10.2. The zero-order chi connectivity index (χ0) is 9.84. The van der Waals surface area contributed by atoms with Crippen LogP contribution in [-0.4, -0.2) is 13.1 Å². The van der Waals surface area contributed by atoms with E-state index in [-0.39, 0.29) is 5.97 Å². The van der Waals surface area contributed by atoms with Crippen LogP contribution in [0.3, 0.4) is 0 Å². The molecule has 0 heterocycles. The van der Waals surface area contributed by atoms with Crippen LogP contribution >= 0.6 is 38.5 Å². The van der Waals surface area contributed by atoms with E-state index in [0.29, 0.717) is 6.42 Å². The third-order valence-corrected chi connectivity index (χ3v) is 2.99. The van der Waals surface area contributed by atoms with Crippen molar-refractivity contribution in [1.29, 1.82) is 0 Å². The number of halogens is 2. The molecule has 2 nitrogen and oxygen atoms in total. The Balaban J connectivity index is 2.83. The van der Waals surface area contributed by atoms with Gasteiger partial charge in [0.25, 0.3) is 0 Å². The van der Waals surface area contributed by atoms with Crippen LogP contribution in [0.15, 0.2) is 22.7 Å². The number of ether oxygens (including phenoxy) is 1. The van der Waals surface area contributed by atoms with Crippen LogP contribution in [0.1, 0.15) is 5.56 Å². The first-order valence-electron chi connectivity index (χ1n) is 3.64. The third kappa shape index (κ3) is 3.27. The predicted octanol–water partition coefficient (Wildman–Crippen LogP) is 2.77. The Morgan fingerprint density at radius 1 is 1.62 bits per heavy atom. The zero-order valence-electron chi connectivity index (χ0n) is 7.01. The van der Waals surface area contributed by atoms with E-state index in [9.17, 15) is 4.79 Å². The summed E-state index contributed by atoms with van der Waals surface area (Å²) < 4.78 is 6.66. The molecule has 0 unspecified atom stereocenters. The highest BCUT2D eigenvalue weighted by Gasteiger charge is 2.06. The van der Waals surface area contributed by atoms with Crippen molar-refractivity contribution in [1.82, 2.24) is 0 Å². The van der Waals surface area contributed by atoms with Crippen LogP contribution in [0, 0.1) is 3.57 Å². The number of carbonyl (C=O) groups is 1. The molecule has 0 amide bonds. The molecule has 1 aromatic carbocycles. The summed E-state index contributed by atoms with van der Waals surface area (Å²) >= 11 is 5.61. The monoisotopic (exact) mass is 354 g/mol. The average molecular weight is 355 g/mol. The molecule has 70 valence electrons. The van der Waals surface area contributed by atoms with Gasteiger partial charge in [0, 0.05) is 8.04 Å². The second kappa shape index (κ2) is 4.95. The minimum absolute atomic E-state index is 0.220. The van der Waals surface area contributed by atoms with Crippen LogP contribution in [-0.2, 0) is 16.0 Å². The van der Waals surface area contributed by atoms with Crippen molar-refractivity contribution in [2.75, 3.05) is 7.11 Å². The minimum atomic E-state index is -0.220. The molecule has 0 N–H and O–H groups in total. The number of rotatable bonds is 2. The third-order valence-electron chi connectivity index (χ3n) is 1.58. The van der Waals surface area contributed by atoms with Crippen LogP contribution in [0.5, 0.6) is 0 Å². The maximum atomic E-state index is 11.0. The number of carbonyl (C=O) groups excluding carboxylic acids is 1. The van der Waals surface area contributed by atoms with Crippen molar-refractivity contribution in [2.24, 2.45) is 0 Å². The Bertz CT molecular complexity index is 325. The summed E-state index contributed by atoms with van der Waals surface area (Å²) in [6.45, 7) is 0. The summed E-state index contributed by atoms with van der Waals surface area (Å²) in [6, 6.07) is 5.85. The fourth-order valence-corrected chi connectivity index (χ4v) is 2.33. The molecule has 1 rings (SSSR count). The second-order valence-electron chi connectivity index (χ2n) is 2.49. The van der Waals surface area contributed by atoms with Gasteiger partial charge in [-0.15, -0.1) is 0 Å². The van der Waals surface area contributed by atoms with Gasteiger partial charge >= 0.3 is 5.97 Å². The smallest absolute Gasteiger partial charge is 0.310 e. The lowest BCUT2D eigenvalue weighted by Gasteiger charge is -2.03. The van der Waals surface area contributed by atoms with Crippen molar-refractivity contribution in [3.05, 3.63) is 31.8 Å². The Kier molecular flexibility index (Phi) is 4.18. The van der Waals surface area contributed by atoms with Gasteiger partial charge in [-0.2, -0.15) is 0 Å². The summed E-state index contributed by atoms with van der Waals surface area (Å²) in [5, 5.41) is 0. The first-order valence-corrected chi connectivity index (χ1v) is 5.51. The predicted molar refractivity (Wildman–Crippen MR) is 62.6 cm³/mol. The van der Waals surface area contributed by atoms with Crippen LogP contribution in [0.4, 0.5) is 0 Å². The van der Waals surface area contributed by atoms with E-state index in [2.05, 4.69) is 43.3 Å². The lowest BCUT2D eigenvalue weighted by Crippen LogP contribution is -2.04. The van der Waals surface area contributed by atoms with Crippen molar-refractivity contribution >= 4 is 44.5 Å².